The number of esters is 2. The molecule has 0 heterocycles. The highest BCUT2D eigenvalue weighted by atomic mass is 79.9. The summed E-state index contributed by atoms with van der Waals surface area (Å²) in [6.07, 6.45) is -0.00150. The van der Waals surface area contributed by atoms with Crippen molar-refractivity contribution in [2.45, 2.75) is 26.1 Å². The summed E-state index contributed by atoms with van der Waals surface area (Å²) < 4.78 is 12.1. The predicted octanol–water partition coefficient (Wildman–Crippen LogP) is 4.78. The third kappa shape index (κ3) is 6.09. The van der Waals surface area contributed by atoms with E-state index >= 15 is 0 Å². The zero-order chi connectivity index (χ0) is 17.4. The lowest BCUT2D eigenvalue weighted by atomic mass is 10.2. The van der Waals surface area contributed by atoms with E-state index in [0.717, 1.165) is 20.1 Å². The van der Waals surface area contributed by atoms with Gasteiger partial charge in [0.15, 0.2) is 0 Å². The summed E-state index contributed by atoms with van der Waals surface area (Å²) in [5.74, 6) is -0.854. The summed E-state index contributed by atoms with van der Waals surface area (Å²) in [5.41, 5.74) is 1.75. The van der Waals surface area contributed by atoms with Gasteiger partial charge in [0.05, 0.1) is 12.8 Å². The van der Waals surface area contributed by atoms with E-state index in [2.05, 4.69) is 31.9 Å². The summed E-state index contributed by atoms with van der Waals surface area (Å²) in [6, 6.07) is 15.0. The number of hydrogen-bond donors (Lipinski definition) is 0. The molecule has 0 radical (unpaired) electrons. The number of hydrogen-bond acceptors (Lipinski definition) is 4. The Morgan fingerprint density at radius 3 is 1.46 bits per heavy atom. The Morgan fingerprint density at radius 1 is 0.708 bits per heavy atom. The highest BCUT2D eigenvalue weighted by Gasteiger charge is 2.11. The van der Waals surface area contributed by atoms with Gasteiger partial charge in [0, 0.05) is 20.1 Å². The van der Waals surface area contributed by atoms with Crippen LogP contribution in [0.15, 0.2) is 57.5 Å². The van der Waals surface area contributed by atoms with Gasteiger partial charge in [0.1, 0.15) is 13.2 Å². The van der Waals surface area contributed by atoms with Gasteiger partial charge in [-0.2, -0.15) is 0 Å². The number of rotatable bonds is 7. The molecule has 24 heavy (non-hydrogen) atoms. The largest absolute Gasteiger partial charge is 0.461 e. The van der Waals surface area contributed by atoms with E-state index in [4.69, 9.17) is 9.47 Å². The Balaban J connectivity index is 1.69. The molecule has 0 aliphatic rings. The van der Waals surface area contributed by atoms with Crippen molar-refractivity contribution in [1.82, 2.24) is 0 Å². The first-order valence-corrected chi connectivity index (χ1v) is 8.93. The average Bonchev–Trinajstić information content (AvgIpc) is 2.58. The minimum absolute atomic E-state index is 0.000749. The van der Waals surface area contributed by atoms with Gasteiger partial charge in [0.25, 0.3) is 0 Å². The van der Waals surface area contributed by atoms with Crippen LogP contribution in [0.25, 0.3) is 0 Å². The molecule has 0 atom stereocenters. The van der Waals surface area contributed by atoms with Crippen molar-refractivity contribution >= 4 is 43.8 Å². The summed E-state index contributed by atoms with van der Waals surface area (Å²) in [6.45, 7) is 0.346. The summed E-state index contributed by atoms with van der Waals surface area (Å²) >= 11 is 6.78. The number of benzene rings is 2. The number of halogens is 2. The van der Waals surface area contributed by atoms with Gasteiger partial charge in [-0.05, 0) is 12.1 Å². The van der Waals surface area contributed by atoms with Crippen LogP contribution in [0.5, 0.6) is 0 Å². The van der Waals surface area contributed by atoms with Crippen LogP contribution in [-0.2, 0) is 32.3 Å². The quantitative estimate of drug-likeness (QED) is 0.564. The van der Waals surface area contributed by atoms with Crippen LogP contribution in [0.1, 0.15) is 24.0 Å². The molecular formula is C18H16Br2O4. The Hall–Kier alpha value is -1.66. The Kier molecular flexibility index (Phi) is 7.46. The normalized spacial score (nSPS) is 10.2. The fourth-order valence-electron chi connectivity index (χ4n) is 1.90. The molecule has 0 aromatic heterocycles. The van der Waals surface area contributed by atoms with Crippen molar-refractivity contribution in [1.29, 1.82) is 0 Å². The molecular weight excluding hydrogens is 440 g/mol. The summed E-state index contributed by atoms with van der Waals surface area (Å²) in [7, 11) is 0. The van der Waals surface area contributed by atoms with Crippen molar-refractivity contribution in [3.05, 3.63) is 68.6 Å². The second-order valence-electron chi connectivity index (χ2n) is 5.00. The molecule has 2 rings (SSSR count). The number of carbonyl (C=O) groups is 2. The van der Waals surface area contributed by atoms with Crippen LogP contribution < -0.4 is 0 Å². The van der Waals surface area contributed by atoms with E-state index in [9.17, 15) is 9.59 Å². The van der Waals surface area contributed by atoms with Gasteiger partial charge in [-0.15, -0.1) is 0 Å². The van der Waals surface area contributed by atoms with Crippen LogP contribution in [-0.4, -0.2) is 11.9 Å². The molecule has 0 saturated heterocycles. The van der Waals surface area contributed by atoms with E-state index < -0.39 is 11.9 Å². The molecule has 0 fully saturated rings. The van der Waals surface area contributed by atoms with Crippen LogP contribution in [0.3, 0.4) is 0 Å². The highest BCUT2D eigenvalue weighted by molar-refractivity contribution is 9.10. The second-order valence-corrected chi connectivity index (χ2v) is 6.71. The molecule has 0 bridgehead atoms. The predicted molar refractivity (Wildman–Crippen MR) is 97.1 cm³/mol. The monoisotopic (exact) mass is 454 g/mol. The van der Waals surface area contributed by atoms with Crippen LogP contribution in [0, 0.1) is 0 Å². The van der Waals surface area contributed by atoms with Crippen LogP contribution in [0.4, 0.5) is 0 Å². The summed E-state index contributed by atoms with van der Waals surface area (Å²) in [4.78, 5) is 23.4. The SMILES string of the molecule is O=C(CCC(=O)OCc1ccccc1Br)OCc1ccccc1Br. The van der Waals surface area contributed by atoms with Gasteiger partial charge in [0.2, 0.25) is 0 Å². The third-order valence-electron chi connectivity index (χ3n) is 3.23. The standard InChI is InChI=1S/C18H16Br2O4/c19-15-7-3-1-5-13(15)11-23-17(21)9-10-18(22)24-12-14-6-2-4-8-16(14)20/h1-8H,9-12H2. The minimum atomic E-state index is -0.427. The molecule has 0 saturated carbocycles. The van der Waals surface area contributed by atoms with E-state index in [0.29, 0.717) is 0 Å². The zero-order valence-corrected chi connectivity index (χ0v) is 16.0. The maximum atomic E-state index is 11.7. The third-order valence-corrected chi connectivity index (χ3v) is 4.77. The number of carbonyl (C=O) groups excluding carboxylic acids is 2. The first kappa shape index (κ1) is 18.7. The molecule has 0 aliphatic carbocycles. The van der Waals surface area contributed by atoms with E-state index in [1.165, 1.54) is 0 Å². The van der Waals surface area contributed by atoms with E-state index in [-0.39, 0.29) is 26.1 Å². The number of ether oxygens (including phenoxy) is 2. The Morgan fingerprint density at radius 2 is 1.08 bits per heavy atom. The van der Waals surface area contributed by atoms with Crippen molar-refractivity contribution in [3.63, 3.8) is 0 Å². The average molecular weight is 456 g/mol. The zero-order valence-electron chi connectivity index (χ0n) is 12.8. The fourth-order valence-corrected chi connectivity index (χ4v) is 2.69. The van der Waals surface area contributed by atoms with Crippen LogP contribution >= 0.6 is 31.9 Å². The lowest BCUT2D eigenvalue weighted by molar-refractivity contribution is -0.151. The van der Waals surface area contributed by atoms with Crippen LogP contribution in [0.2, 0.25) is 0 Å². The fraction of sp³-hybridized carbons (Fsp3) is 0.222. The van der Waals surface area contributed by atoms with Gasteiger partial charge < -0.3 is 9.47 Å². The second kappa shape index (κ2) is 9.59. The molecule has 6 heteroatoms. The molecule has 4 nitrogen and oxygen atoms in total. The lowest BCUT2D eigenvalue weighted by Crippen LogP contribution is -2.10. The molecule has 2 aromatic rings. The molecule has 0 aliphatic heterocycles. The molecule has 0 N–H and O–H groups in total. The first-order chi connectivity index (χ1) is 11.6. The van der Waals surface area contributed by atoms with Gasteiger partial charge >= 0.3 is 11.9 Å². The molecule has 0 spiro atoms. The highest BCUT2D eigenvalue weighted by Crippen LogP contribution is 2.18. The molecule has 0 unspecified atom stereocenters. The molecule has 0 amide bonds. The maximum absolute atomic E-state index is 11.7. The minimum Gasteiger partial charge on any atom is -0.461 e. The topological polar surface area (TPSA) is 52.6 Å². The van der Waals surface area contributed by atoms with Crippen molar-refractivity contribution < 1.29 is 19.1 Å². The van der Waals surface area contributed by atoms with Crippen molar-refractivity contribution in [3.8, 4) is 0 Å². The smallest absolute Gasteiger partial charge is 0.306 e. The van der Waals surface area contributed by atoms with E-state index in [1.54, 1.807) is 0 Å². The maximum Gasteiger partial charge on any atom is 0.306 e. The Labute approximate surface area is 157 Å². The van der Waals surface area contributed by atoms with E-state index in [1.807, 2.05) is 48.5 Å². The lowest BCUT2D eigenvalue weighted by Gasteiger charge is -2.08. The summed E-state index contributed by atoms with van der Waals surface area (Å²) in [5, 5.41) is 0. The van der Waals surface area contributed by atoms with Gasteiger partial charge in [-0.25, -0.2) is 0 Å². The first-order valence-electron chi connectivity index (χ1n) is 7.34. The van der Waals surface area contributed by atoms with Gasteiger partial charge in [-0.3, -0.25) is 9.59 Å². The van der Waals surface area contributed by atoms with Crippen molar-refractivity contribution in [2.24, 2.45) is 0 Å². The molecule has 2 aromatic carbocycles. The molecule has 126 valence electrons. The van der Waals surface area contributed by atoms with Crippen molar-refractivity contribution in [2.75, 3.05) is 0 Å². The Bertz CT molecular complexity index is 654. The van der Waals surface area contributed by atoms with Gasteiger partial charge in [-0.1, -0.05) is 68.3 Å².